The molecule has 0 bridgehead atoms. The van der Waals surface area contributed by atoms with Crippen molar-refractivity contribution in [2.75, 3.05) is 32.7 Å². The molecule has 8 heteroatoms. The highest BCUT2D eigenvalue weighted by Crippen LogP contribution is 2.18. The van der Waals surface area contributed by atoms with Crippen LogP contribution < -0.4 is 5.43 Å². The summed E-state index contributed by atoms with van der Waals surface area (Å²) in [6.07, 6.45) is 1.22. The summed E-state index contributed by atoms with van der Waals surface area (Å²) >= 11 is 12.1. The minimum absolute atomic E-state index is 0.151. The minimum Gasteiger partial charge on any atom is -0.296 e. The third kappa shape index (κ3) is 5.75. The second-order valence-electron chi connectivity index (χ2n) is 6.57. The Balaban J connectivity index is 1.42. The monoisotopic (exact) mass is 422 g/mol. The highest BCUT2D eigenvalue weighted by Gasteiger charge is 2.19. The molecule has 28 heavy (non-hydrogen) atoms. The SMILES string of the molecule is O=C(CN1CCN(Cc2ccccc2Cl)CC1)N/N=C/c1c(F)cccc1Cl. The van der Waals surface area contributed by atoms with E-state index in [-0.39, 0.29) is 23.0 Å². The smallest absolute Gasteiger partial charge is 0.254 e. The van der Waals surface area contributed by atoms with Crippen LogP contribution >= 0.6 is 23.2 Å². The lowest BCUT2D eigenvalue weighted by Crippen LogP contribution is -2.48. The third-order valence-corrected chi connectivity index (χ3v) is 5.26. The molecule has 1 aliphatic heterocycles. The van der Waals surface area contributed by atoms with Gasteiger partial charge in [0.1, 0.15) is 5.82 Å². The Bertz CT molecular complexity index is 834. The Morgan fingerprint density at radius 1 is 1.04 bits per heavy atom. The van der Waals surface area contributed by atoms with Crippen LogP contribution in [0.5, 0.6) is 0 Å². The number of hydrogen-bond donors (Lipinski definition) is 1. The molecule has 5 nitrogen and oxygen atoms in total. The van der Waals surface area contributed by atoms with E-state index in [1.807, 2.05) is 24.3 Å². The summed E-state index contributed by atoms with van der Waals surface area (Å²) in [6.45, 7) is 4.30. The van der Waals surface area contributed by atoms with Crippen molar-refractivity contribution in [1.29, 1.82) is 0 Å². The van der Waals surface area contributed by atoms with Gasteiger partial charge in [0.25, 0.3) is 5.91 Å². The Morgan fingerprint density at radius 2 is 1.71 bits per heavy atom. The number of nitrogens with one attached hydrogen (secondary N) is 1. The molecule has 0 spiro atoms. The fourth-order valence-corrected chi connectivity index (χ4v) is 3.42. The van der Waals surface area contributed by atoms with Gasteiger partial charge in [-0.15, -0.1) is 0 Å². The number of carbonyl (C=O) groups is 1. The first kappa shape index (κ1) is 20.7. The average Bonchev–Trinajstić information content (AvgIpc) is 2.67. The van der Waals surface area contributed by atoms with Gasteiger partial charge in [0.15, 0.2) is 0 Å². The molecule has 0 unspecified atom stereocenters. The van der Waals surface area contributed by atoms with Gasteiger partial charge in [-0.3, -0.25) is 14.6 Å². The average molecular weight is 423 g/mol. The number of nitrogens with zero attached hydrogens (tertiary/aromatic N) is 3. The molecule has 1 fully saturated rings. The van der Waals surface area contributed by atoms with Crippen molar-refractivity contribution < 1.29 is 9.18 Å². The molecule has 0 atom stereocenters. The summed E-state index contributed by atoms with van der Waals surface area (Å²) < 4.78 is 13.7. The Hall–Kier alpha value is -1.99. The van der Waals surface area contributed by atoms with Crippen LogP contribution in [0.25, 0.3) is 0 Å². The van der Waals surface area contributed by atoms with Gasteiger partial charge >= 0.3 is 0 Å². The number of hydrogen-bond acceptors (Lipinski definition) is 4. The molecule has 2 aromatic carbocycles. The molecule has 0 radical (unpaired) electrons. The van der Waals surface area contributed by atoms with Crippen LogP contribution in [0.1, 0.15) is 11.1 Å². The number of hydrazone groups is 1. The van der Waals surface area contributed by atoms with Gasteiger partial charge in [0.05, 0.1) is 17.8 Å². The fourth-order valence-electron chi connectivity index (χ4n) is 3.01. The van der Waals surface area contributed by atoms with Gasteiger partial charge in [0.2, 0.25) is 0 Å². The number of carbonyl (C=O) groups excluding carboxylic acids is 1. The molecule has 2 aromatic rings. The number of piperazine rings is 1. The molecule has 3 rings (SSSR count). The molecule has 1 saturated heterocycles. The van der Waals surface area contributed by atoms with E-state index in [0.29, 0.717) is 0 Å². The zero-order valence-electron chi connectivity index (χ0n) is 15.2. The summed E-state index contributed by atoms with van der Waals surface area (Å²) in [4.78, 5) is 16.4. The van der Waals surface area contributed by atoms with Gasteiger partial charge in [-0.2, -0.15) is 5.10 Å². The molecule has 1 N–H and O–H groups in total. The zero-order chi connectivity index (χ0) is 19.9. The summed E-state index contributed by atoms with van der Waals surface area (Å²) in [5.41, 5.74) is 3.68. The van der Waals surface area contributed by atoms with Crippen LogP contribution in [0.4, 0.5) is 4.39 Å². The van der Waals surface area contributed by atoms with Crippen molar-refractivity contribution in [3.8, 4) is 0 Å². The van der Waals surface area contributed by atoms with Crippen LogP contribution in [-0.4, -0.2) is 54.6 Å². The summed E-state index contributed by atoms with van der Waals surface area (Å²) in [7, 11) is 0. The molecule has 1 amide bonds. The molecule has 1 heterocycles. The van der Waals surface area contributed by atoms with E-state index in [2.05, 4.69) is 20.3 Å². The topological polar surface area (TPSA) is 47.9 Å². The van der Waals surface area contributed by atoms with Crippen molar-refractivity contribution >= 4 is 35.3 Å². The summed E-state index contributed by atoms with van der Waals surface area (Å²) in [5.74, 6) is -0.733. The molecule has 1 aliphatic rings. The molecule has 0 aromatic heterocycles. The van der Waals surface area contributed by atoms with Crippen LogP contribution in [0.3, 0.4) is 0 Å². The van der Waals surface area contributed by atoms with Crippen molar-refractivity contribution in [3.63, 3.8) is 0 Å². The predicted molar refractivity (Wildman–Crippen MR) is 110 cm³/mol. The standard InChI is InChI=1S/C20H21Cl2FN4O/c21-17-5-2-1-4-15(17)13-26-8-10-27(11-9-26)14-20(28)25-24-12-16-18(22)6-3-7-19(16)23/h1-7,12H,8-11,13-14H2,(H,25,28)/b24-12+. The quantitative estimate of drug-likeness (QED) is 0.573. The number of halogens is 3. The molecule has 0 saturated carbocycles. The van der Waals surface area contributed by atoms with Crippen LogP contribution in [-0.2, 0) is 11.3 Å². The second kappa shape index (κ2) is 9.98. The van der Waals surface area contributed by atoms with Crippen molar-refractivity contribution in [1.82, 2.24) is 15.2 Å². The number of rotatable bonds is 6. The highest BCUT2D eigenvalue weighted by atomic mass is 35.5. The lowest BCUT2D eigenvalue weighted by atomic mass is 10.2. The first-order valence-electron chi connectivity index (χ1n) is 8.97. The summed E-state index contributed by atoms with van der Waals surface area (Å²) in [5, 5.41) is 4.83. The maximum atomic E-state index is 13.7. The van der Waals surface area contributed by atoms with Gasteiger partial charge in [-0.25, -0.2) is 9.82 Å². The van der Waals surface area contributed by atoms with Crippen LogP contribution in [0.2, 0.25) is 10.0 Å². The normalized spacial score (nSPS) is 15.8. The lowest BCUT2D eigenvalue weighted by molar-refractivity contribution is -0.122. The number of amides is 1. The zero-order valence-corrected chi connectivity index (χ0v) is 16.8. The molecular weight excluding hydrogens is 402 g/mol. The Labute approximate surface area is 173 Å². The van der Waals surface area contributed by atoms with E-state index in [0.717, 1.165) is 43.3 Å². The first-order valence-corrected chi connectivity index (χ1v) is 9.72. The van der Waals surface area contributed by atoms with Gasteiger partial charge < -0.3 is 0 Å². The van der Waals surface area contributed by atoms with E-state index in [1.165, 1.54) is 18.3 Å². The maximum absolute atomic E-state index is 13.7. The van der Waals surface area contributed by atoms with Crippen molar-refractivity contribution in [2.24, 2.45) is 5.10 Å². The van der Waals surface area contributed by atoms with E-state index >= 15 is 0 Å². The second-order valence-corrected chi connectivity index (χ2v) is 7.39. The largest absolute Gasteiger partial charge is 0.296 e. The van der Waals surface area contributed by atoms with Gasteiger partial charge in [-0.05, 0) is 23.8 Å². The van der Waals surface area contributed by atoms with Crippen molar-refractivity contribution in [3.05, 3.63) is 69.5 Å². The molecule has 148 valence electrons. The van der Waals surface area contributed by atoms with Gasteiger partial charge in [0, 0.05) is 43.3 Å². The van der Waals surface area contributed by atoms with Crippen LogP contribution in [0, 0.1) is 5.82 Å². The van der Waals surface area contributed by atoms with E-state index in [4.69, 9.17) is 23.2 Å². The lowest BCUT2D eigenvalue weighted by Gasteiger charge is -2.34. The highest BCUT2D eigenvalue weighted by molar-refractivity contribution is 6.33. The Kier molecular flexibility index (Phi) is 7.39. The molecular formula is C20H21Cl2FN4O. The fraction of sp³-hybridized carbons (Fsp3) is 0.300. The van der Waals surface area contributed by atoms with Crippen LogP contribution in [0.15, 0.2) is 47.6 Å². The van der Waals surface area contributed by atoms with E-state index in [1.54, 1.807) is 6.07 Å². The molecule has 0 aliphatic carbocycles. The number of benzene rings is 2. The van der Waals surface area contributed by atoms with Gasteiger partial charge in [-0.1, -0.05) is 47.5 Å². The minimum atomic E-state index is -0.486. The van der Waals surface area contributed by atoms with E-state index in [9.17, 15) is 9.18 Å². The van der Waals surface area contributed by atoms with Crippen molar-refractivity contribution in [2.45, 2.75) is 6.54 Å². The maximum Gasteiger partial charge on any atom is 0.254 e. The van der Waals surface area contributed by atoms with E-state index < -0.39 is 5.82 Å². The first-order chi connectivity index (χ1) is 13.5. The summed E-state index contributed by atoms with van der Waals surface area (Å²) in [6, 6.07) is 12.2. The predicted octanol–water partition coefficient (Wildman–Crippen LogP) is 3.40. The third-order valence-electron chi connectivity index (χ3n) is 4.57. The Morgan fingerprint density at radius 3 is 2.43 bits per heavy atom.